The molecule has 0 saturated carbocycles. The molecular weight excluding hydrogens is 588 g/mol. The van der Waals surface area contributed by atoms with Gasteiger partial charge >= 0.3 is 0 Å². The first-order valence-corrected chi connectivity index (χ1v) is 15.4. The van der Waals surface area contributed by atoms with E-state index in [1.165, 1.54) is 34.1 Å². The molecule has 0 spiro atoms. The van der Waals surface area contributed by atoms with Crippen molar-refractivity contribution < 1.29 is 27.7 Å². The van der Waals surface area contributed by atoms with Gasteiger partial charge in [-0.15, -0.1) is 0 Å². The summed E-state index contributed by atoms with van der Waals surface area (Å²) in [5.41, 5.74) is 2.34. The van der Waals surface area contributed by atoms with Crippen LogP contribution in [0.5, 0.6) is 11.5 Å². The molecule has 1 heterocycles. The molecule has 2 aromatic rings. The average Bonchev–Trinajstić information content (AvgIpc) is 3.00. The third-order valence-corrected chi connectivity index (χ3v) is 7.78. The number of nitrogens with one attached hydrogen (secondary N) is 1. The maximum absolute atomic E-state index is 14.8. The summed E-state index contributed by atoms with van der Waals surface area (Å²) < 4.78 is 49.4. The summed E-state index contributed by atoms with van der Waals surface area (Å²) in [7, 11) is 1.78. The molecule has 9 nitrogen and oxygen atoms in total. The second-order valence-electron chi connectivity index (χ2n) is 8.99. The van der Waals surface area contributed by atoms with Gasteiger partial charge in [-0.1, -0.05) is 45.9 Å². The van der Waals surface area contributed by atoms with Crippen molar-refractivity contribution in [2.45, 2.75) is 32.6 Å². The maximum atomic E-state index is 14.8. The zero-order chi connectivity index (χ0) is 31.8. The third kappa shape index (κ3) is 11.9. The Labute approximate surface area is 256 Å². The first-order valence-electron chi connectivity index (χ1n) is 13.9. The largest absolute Gasteiger partial charge is 0.451 e. The molecule has 0 radical (unpaired) electrons. The van der Waals surface area contributed by atoms with Crippen LogP contribution in [0.4, 0.5) is 8.78 Å². The minimum atomic E-state index is -2.13. The van der Waals surface area contributed by atoms with Gasteiger partial charge in [-0.05, 0) is 43.4 Å². The first-order chi connectivity index (χ1) is 20.1. The van der Waals surface area contributed by atoms with E-state index in [9.17, 15) is 17.8 Å². The van der Waals surface area contributed by atoms with Gasteiger partial charge in [-0.3, -0.25) is 14.9 Å². The summed E-state index contributed by atoms with van der Waals surface area (Å²) in [5, 5.41) is 9.42. The fourth-order valence-electron chi connectivity index (χ4n) is 3.73. The lowest BCUT2D eigenvalue weighted by molar-refractivity contribution is -0.129. The second-order valence-corrected chi connectivity index (χ2v) is 10.9. The molecule has 1 saturated heterocycles. The predicted octanol–water partition coefficient (Wildman–Crippen LogP) is 4.99. The molecule has 236 valence electrons. The Bertz CT molecular complexity index is 1130. The van der Waals surface area contributed by atoms with Gasteiger partial charge in [0.05, 0.1) is 11.4 Å². The molecule has 1 aliphatic rings. The molecule has 13 heteroatoms. The molecule has 1 amide bonds. The summed E-state index contributed by atoms with van der Waals surface area (Å²) in [6, 6.07) is 7.72. The number of piperazine rings is 1. The number of carbonyl (C=O) groups is 1. The minimum absolute atomic E-state index is 0.0879. The van der Waals surface area contributed by atoms with Crippen molar-refractivity contribution in [2.75, 3.05) is 66.5 Å². The zero-order valence-corrected chi connectivity index (χ0v) is 26.9. The number of hydroxylamine groups is 1. The minimum Gasteiger partial charge on any atom is -0.451 e. The molecule has 42 heavy (non-hydrogen) atoms. The second kappa shape index (κ2) is 19.6. The van der Waals surface area contributed by atoms with Gasteiger partial charge in [0.25, 0.3) is 5.91 Å². The van der Waals surface area contributed by atoms with Crippen molar-refractivity contribution in [3.8, 4) is 11.5 Å². The smallest absolute Gasteiger partial charge is 0.258 e. The third-order valence-electron chi connectivity index (χ3n) is 6.11. The maximum Gasteiger partial charge on any atom is 0.258 e. The lowest BCUT2D eigenvalue weighted by Crippen LogP contribution is -2.46. The quantitative estimate of drug-likeness (QED) is 0.252. The Hall–Kier alpha value is -2.61. The van der Waals surface area contributed by atoms with Crippen molar-refractivity contribution in [1.82, 2.24) is 24.5 Å². The average molecular weight is 632 g/mol. The Balaban J connectivity index is 0.00000211. The molecule has 0 bridgehead atoms. The lowest BCUT2D eigenvalue weighted by atomic mass is 10.3. The molecule has 2 aromatic carbocycles. The molecule has 1 unspecified atom stereocenters. The van der Waals surface area contributed by atoms with E-state index in [-0.39, 0.29) is 17.2 Å². The van der Waals surface area contributed by atoms with Gasteiger partial charge < -0.3 is 14.5 Å². The van der Waals surface area contributed by atoms with Gasteiger partial charge in [-0.25, -0.2) is 22.8 Å². The number of rotatable bonds is 12. The number of halogens is 3. The first kappa shape index (κ1) is 37.4. The van der Waals surface area contributed by atoms with Gasteiger partial charge in [0, 0.05) is 63.6 Å². The zero-order valence-electron chi connectivity index (χ0n) is 25.3. The van der Waals surface area contributed by atoms with Gasteiger partial charge in [0.2, 0.25) is 0 Å². The Morgan fingerprint density at radius 3 is 2.14 bits per heavy atom. The predicted molar refractivity (Wildman–Crippen MR) is 164 cm³/mol. The fourth-order valence-corrected chi connectivity index (χ4v) is 5.04. The van der Waals surface area contributed by atoms with Crippen molar-refractivity contribution in [1.29, 1.82) is 0 Å². The van der Waals surface area contributed by atoms with Gasteiger partial charge in [0.1, 0.15) is 16.7 Å². The SMILES string of the molecule is C=C(CN1CCN(C)CC1)N(C)CCN(CC(=O)NO)S(=O)c1cc(F)c(Oc2ccc(Cl)cc2)c(F)c1.CC.CC. The fraction of sp³-hybridized carbons (Fsp3) is 0.483. The highest BCUT2D eigenvalue weighted by Crippen LogP contribution is 2.30. The van der Waals surface area contributed by atoms with Crippen LogP contribution >= 0.6 is 11.6 Å². The Morgan fingerprint density at radius 2 is 1.62 bits per heavy atom. The highest BCUT2D eigenvalue weighted by Gasteiger charge is 2.24. The topological polar surface area (TPSA) is 88.6 Å². The molecular formula is C29H44ClF2N5O4S. The molecule has 2 N–H and O–H groups in total. The lowest BCUT2D eigenvalue weighted by Gasteiger charge is -2.35. The van der Waals surface area contributed by atoms with Crippen molar-refractivity contribution in [3.63, 3.8) is 0 Å². The van der Waals surface area contributed by atoms with Crippen molar-refractivity contribution in [2.24, 2.45) is 0 Å². The monoisotopic (exact) mass is 631 g/mol. The molecule has 1 fully saturated rings. The van der Waals surface area contributed by atoms with Crippen LogP contribution < -0.4 is 10.2 Å². The number of benzene rings is 2. The van der Waals surface area contributed by atoms with E-state index in [1.807, 2.05) is 39.6 Å². The summed E-state index contributed by atoms with van der Waals surface area (Å²) in [6.07, 6.45) is 0. The van der Waals surface area contributed by atoms with E-state index < -0.39 is 40.8 Å². The van der Waals surface area contributed by atoms with E-state index in [1.54, 1.807) is 0 Å². The number of carbonyl (C=O) groups excluding carboxylic acids is 1. The molecule has 1 aliphatic heterocycles. The van der Waals surface area contributed by atoms with E-state index in [4.69, 9.17) is 21.5 Å². The summed E-state index contributed by atoms with van der Waals surface area (Å²) in [5.74, 6) is -3.43. The molecule has 0 aliphatic carbocycles. The molecule has 1 atom stereocenters. The highest BCUT2D eigenvalue weighted by molar-refractivity contribution is 7.82. The van der Waals surface area contributed by atoms with Crippen LogP contribution in [-0.4, -0.2) is 101 Å². The van der Waals surface area contributed by atoms with E-state index in [0.29, 0.717) is 18.1 Å². The van der Waals surface area contributed by atoms with Crippen LogP contribution in [0.25, 0.3) is 0 Å². The normalized spacial score (nSPS) is 14.2. The molecule has 3 rings (SSSR count). The van der Waals surface area contributed by atoms with Crippen LogP contribution in [0.15, 0.2) is 53.6 Å². The van der Waals surface area contributed by atoms with Crippen LogP contribution in [0.2, 0.25) is 5.02 Å². The number of ether oxygens (including phenoxy) is 1. The highest BCUT2D eigenvalue weighted by atomic mass is 35.5. The van der Waals surface area contributed by atoms with E-state index >= 15 is 0 Å². The van der Waals surface area contributed by atoms with E-state index in [2.05, 4.69) is 23.4 Å². The van der Waals surface area contributed by atoms with Crippen LogP contribution in [0.3, 0.4) is 0 Å². The Morgan fingerprint density at radius 1 is 1.07 bits per heavy atom. The Kier molecular flexibility index (Phi) is 17.4. The number of hydrogen-bond donors (Lipinski definition) is 2. The standard InChI is InChI=1S/C25H32ClF2N5O4S.2C2H6/c1-18(16-32-11-8-30(2)9-12-32)31(3)10-13-33(17-24(34)29-35)38(36)21-14-22(27)25(23(28)15-21)37-20-6-4-19(26)5-7-20;2*1-2/h4-7,14-15,35H,1,8-13,16-17H2,2-3H3,(H,29,34);2*1-2H3. The number of nitrogens with zero attached hydrogens (tertiary/aromatic N) is 4. The van der Waals surface area contributed by atoms with Gasteiger partial charge in [-0.2, -0.15) is 0 Å². The number of likely N-dealkylation sites (N-methyl/N-ethyl adjacent to an activating group) is 2. The van der Waals surface area contributed by atoms with E-state index in [0.717, 1.165) is 44.0 Å². The van der Waals surface area contributed by atoms with Gasteiger partial charge in [0.15, 0.2) is 17.4 Å². The molecule has 0 aromatic heterocycles. The van der Waals surface area contributed by atoms with Crippen LogP contribution in [0.1, 0.15) is 27.7 Å². The van der Waals surface area contributed by atoms with Crippen LogP contribution in [0, 0.1) is 11.6 Å². The number of hydrogen-bond acceptors (Lipinski definition) is 7. The van der Waals surface area contributed by atoms with Crippen molar-refractivity contribution in [3.05, 3.63) is 65.3 Å². The summed E-state index contributed by atoms with van der Waals surface area (Å²) >= 11 is 5.82. The summed E-state index contributed by atoms with van der Waals surface area (Å²) in [4.78, 5) is 18.1. The van der Waals surface area contributed by atoms with Crippen LogP contribution in [-0.2, 0) is 15.8 Å². The number of amides is 1. The summed E-state index contributed by atoms with van der Waals surface area (Å²) in [6.45, 7) is 16.5. The van der Waals surface area contributed by atoms with Crippen molar-refractivity contribution >= 4 is 28.5 Å².